The molecule has 0 atom stereocenters. The van der Waals surface area contributed by atoms with Crippen molar-refractivity contribution in [3.63, 3.8) is 0 Å². The number of carbonyl (C=O) groups is 3. The first-order valence-corrected chi connectivity index (χ1v) is 12.0. The molecule has 4 rings (SSSR count). The van der Waals surface area contributed by atoms with Gasteiger partial charge in [0.2, 0.25) is 5.91 Å². The van der Waals surface area contributed by atoms with Gasteiger partial charge in [-0.05, 0) is 85.8 Å². The molecule has 34 heavy (non-hydrogen) atoms. The standard InChI is InChI=1S/C24H18Cl3N3O3S/c1-13-9-15(14(2)30(13)18-7-8-19(26)20(27)11-18)10-21-23(32)29(24(33)34-21)12-22(31)28-17-5-3-16(25)4-6-17/h3-11H,12H2,1-2H3,(H,28,31)/b21-10-. The normalized spacial score (nSPS) is 14.9. The first-order valence-electron chi connectivity index (χ1n) is 10.1. The molecule has 1 fully saturated rings. The molecule has 0 radical (unpaired) electrons. The predicted molar refractivity (Wildman–Crippen MR) is 138 cm³/mol. The van der Waals surface area contributed by atoms with Crippen LogP contribution in [0.2, 0.25) is 15.1 Å². The Hall–Kier alpha value is -2.71. The van der Waals surface area contributed by atoms with Crippen LogP contribution < -0.4 is 5.32 Å². The van der Waals surface area contributed by atoms with Crippen LogP contribution in [0.3, 0.4) is 0 Å². The number of nitrogens with zero attached hydrogens (tertiary/aromatic N) is 2. The molecular weight excluding hydrogens is 517 g/mol. The zero-order valence-corrected chi connectivity index (χ0v) is 21.1. The Bertz CT molecular complexity index is 1350. The number of rotatable bonds is 5. The smallest absolute Gasteiger partial charge is 0.294 e. The van der Waals surface area contributed by atoms with Gasteiger partial charge in [0.05, 0.1) is 15.0 Å². The predicted octanol–water partition coefficient (Wildman–Crippen LogP) is 6.73. The zero-order valence-electron chi connectivity index (χ0n) is 18.1. The maximum Gasteiger partial charge on any atom is 0.294 e. The number of amides is 3. The lowest BCUT2D eigenvalue weighted by molar-refractivity contribution is -0.127. The third kappa shape index (κ3) is 5.03. The molecule has 3 aromatic rings. The van der Waals surface area contributed by atoms with E-state index in [4.69, 9.17) is 34.8 Å². The molecule has 174 valence electrons. The molecule has 0 unspecified atom stereocenters. The van der Waals surface area contributed by atoms with Crippen molar-refractivity contribution in [3.05, 3.63) is 85.5 Å². The van der Waals surface area contributed by atoms with E-state index < -0.39 is 17.1 Å². The van der Waals surface area contributed by atoms with E-state index in [2.05, 4.69) is 5.32 Å². The van der Waals surface area contributed by atoms with Crippen LogP contribution in [0.15, 0.2) is 53.4 Å². The van der Waals surface area contributed by atoms with Crippen molar-refractivity contribution in [2.45, 2.75) is 13.8 Å². The SMILES string of the molecule is Cc1cc(/C=C2\SC(=O)N(CC(=O)Nc3ccc(Cl)cc3)C2=O)c(C)n1-c1ccc(Cl)c(Cl)c1. The molecule has 0 spiro atoms. The van der Waals surface area contributed by atoms with E-state index in [1.54, 1.807) is 42.5 Å². The number of halogens is 3. The van der Waals surface area contributed by atoms with Crippen LogP contribution in [0.5, 0.6) is 0 Å². The highest BCUT2D eigenvalue weighted by Gasteiger charge is 2.36. The summed E-state index contributed by atoms with van der Waals surface area (Å²) in [5.74, 6) is -0.996. The van der Waals surface area contributed by atoms with Gasteiger partial charge in [0, 0.05) is 27.8 Å². The Kier molecular flexibility index (Phi) is 7.09. The van der Waals surface area contributed by atoms with Crippen molar-refractivity contribution >= 4 is 75.4 Å². The number of hydrogen-bond acceptors (Lipinski definition) is 4. The molecule has 1 N–H and O–H groups in total. The molecule has 1 saturated heterocycles. The monoisotopic (exact) mass is 533 g/mol. The zero-order chi connectivity index (χ0) is 24.6. The van der Waals surface area contributed by atoms with Crippen LogP contribution in [0, 0.1) is 13.8 Å². The largest absolute Gasteiger partial charge is 0.325 e. The van der Waals surface area contributed by atoms with Gasteiger partial charge in [-0.15, -0.1) is 0 Å². The summed E-state index contributed by atoms with van der Waals surface area (Å²) in [5, 5.41) is 3.58. The molecular formula is C24H18Cl3N3O3S. The molecule has 1 aliphatic rings. The summed E-state index contributed by atoms with van der Waals surface area (Å²) in [6.45, 7) is 3.46. The molecule has 10 heteroatoms. The lowest BCUT2D eigenvalue weighted by Gasteiger charge is -2.12. The Balaban J connectivity index is 1.53. The summed E-state index contributed by atoms with van der Waals surface area (Å²) in [4.78, 5) is 38.9. The molecule has 2 aromatic carbocycles. The number of hydrogen-bond donors (Lipinski definition) is 1. The average Bonchev–Trinajstić information content (AvgIpc) is 3.21. The number of benzene rings is 2. The van der Waals surface area contributed by atoms with Crippen LogP contribution >= 0.6 is 46.6 Å². The summed E-state index contributed by atoms with van der Waals surface area (Å²) in [6, 6.07) is 13.8. The molecule has 0 saturated carbocycles. The van der Waals surface area contributed by atoms with Gasteiger partial charge in [-0.2, -0.15) is 0 Å². The number of anilines is 1. The van der Waals surface area contributed by atoms with E-state index in [0.717, 1.165) is 39.3 Å². The number of carbonyl (C=O) groups excluding carboxylic acids is 3. The quantitative estimate of drug-likeness (QED) is 0.368. The van der Waals surface area contributed by atoms with E-state index in [-0.39, 0.29) is 11.4 Å². The fraction of sp³-hybridized carbons (Fsp3) is 0.125. The van der Waals surface area contributed by atoms with Crippen LogP contribution in [-0.2, 0) is 9.59 Å². The topological polar surface area (TPSA) is 71.4 Å². The van der Waals surface area contributed by atoms with Crippen molar-refractivity contribution in [3.8, 4) is 5.69 Å². The Morgan fingerprint density at radius 2 is 1.71 bits per heavy atom. The lowest BCUT2D eigenvalue weighted by Crippen LogP contribution is -2.36. The van der Waals surface area contributed by atoms with Gasteiger partial charge in [-0.3, -0.25) is 19.3 Å². The highest BCUT2D eigenvalue weighted by Crippen LogP contribution is 2.34. The lowest BCUT2D eigenvalue weighted by atomic mass is 10.2. The first kappa shape index (κ1) is 24.4. The summed E-state index contributed by atoms with van der Waals surface area (Å²) in [6.07, 6.45) is 1.67. The third-order valence-electron chi connectivity index (χ3n) is 5.22. The van der Waals surface area contributed by atoms with Gasteiger partial charge in [-0.25, -0.2) is 0 Å². The van der Waals surface area contributed by atoms with Gasteiger partial charge >= 0.3 is 0 Å². The van der Waals surface area contributed by atoms with Gasteiger partial charge in [0.15, 0.2) is 0 Å². The van der Waals surface area contributed by atoms with Crippen molar-refractivity contribution < 1.29 is 14.4 Å². The summed E-state index contributed by atoms with van der Waals surface area (Å²) >= 11 is 18.9. The minimum absolute atomic E-state index is 0.249. The molecule has 0 bridgehead atoms. The summed E-state index contributed by atoms with van der Waals surface area (Å²) < 4.78 is 1.98. The van der Waals surface area contributed by atoms with Crippen LogP contribution in [0.4, 0.5) is 10.5 Å². The van der Waals surface area contributed by atoms with Gasteiger partial charge in [-0.1, -0.05) is 34.8 Å². The number of imide groups is 1. The van der Waals surface area contributed by atoms with Crippen molar-refractivity contribution in [2.75, 3.05) is 11.9 Å². The molecule has 1 aromatic heterocycles. The third-order valence-corrected chi connectivity index (χ3v) is 7.12. The van der Waals surface area contributed by atoms with Gasteiger partial charge < -0.3 is 9.88 Å². The first-order chi connectivity index (χ1) is 16.1. The van der Waals surface area contributed by atoms with E-state index in [9.17, 15) is 14.4 Å². The van der Waals surface area contributed by atoms with E-state index >= 15 is 0 Å². The molecule has 6 nitrogen and oxygen atoms in total. The Morgan fingerprint density at radius 3 is 2.38 bits per heavy atom. The average molecular weight is 535 g/mol. The second kappa shape index (κ2) is 9.88. The maximum absolute atomic E-state index is 12.9. The van der Waals surface area contributed by atoms with E-state index in [1.165, 1.54) is 0 Å². The molecule has 1 aliphatic heterocycles. The van der Waals surface area contributed by atoms with Crippen LogP contribution in [-0.4, -0.2) is 33.1 Å². The highest BCUT2D eigenvalue weighted by molar-refractivity contribution is 8.18. The van der Waals surface area contributed by atoms with Crippen molar-refractivity contribution in [1.29, 1.82) is 0 Å². The van der Waals surface area contributed by atoms with E-state index in [1.807, 2.05) is 30.5 Å². The van der Waals surface area contributed by atoms with E-state index in [0.29, 0.717) is 20.8 Å². The molecule has 0 aliphatic carbocycles. The minimum Gasteiger partial charge on any atom is -0.325 e. The van der Waals surface area contributed by atoms with Gasteiger partial charge in [0.1, 0.15) is 6.54 Å². The van der Waals surface area contributed by atoms with Crippen molar-refractivity contribution in [1.82, 2.24) is 9.47 Å². The Labute approximate surface area is 215 Å². The fourth-order valence-corrected chi connectivity index (χ4v) is 4.86. The Morgan fingerprint density at radius 1 is 1.00 bits per heavy atom. The van der Waals surface area contributed by atoms with Crippen LogP contribution in [0.1, 0.15) is 17.0 Å². The second-order valence-corrected chi connectivity index (χ2v) is 9.83. The highest BCUT2D eigenvalue weighted by atomic mass is 35.5. The summed E-state index contributed by atoms with van der Waals surface area (Å²) in [7, 11) is 0. The number of nitrogens with one attached hydrogen (secondary N) is 1. The number of thioether (sulfide) groups is 1. The molecule has 2 heterocycles. The summed E-state index contributed by atoms with van der Waals surface area (Å²) in [5.41, 5.74) is 3.91. The molecule has 3 amide bonds. The van der Waals surface area contributed by atoms with Crippen molar-refractivity contribution in [2.24, 2.45) is 0 Å². The minimum atomic E-state index is -0.513. The fourth-order valence-electron chi connectivity index (χ4n) is 3.61. The van der Waals surface area contributed by atoms with Gasteiger partial charge in [0.25, 0.3) is 11.1 Å². The van der Waals surface area contributed by atoms with Crippen LogP contribution in [0.25, 0.3) is 11.8 Å². The second-order valence-electron chi connectivity index (χ2n) is 7.58. The number of aryl methyl sites for hydroxylation is 1. The maximum atomic E-state index is 12.9. The number of aromatic nitrogens is 1.